The van der Waals surface area contributed by atoms with E-state index in [4.69, 9.17) is 0 Å². The second kappa shape index (κ2) is 21.2. The van der Waals surface area contributed by atoms with Crippen molar-refractivity contribution in [1.29, 1.82) is 0 Å². The zero-order chi connectivity index (χ0) is 24.0. The van der Waals surface area contributed by atoms with E-state index >= 15 is 0 Å². The van der Waals surface area contributed by atoms with Gasteiger partial charge in [0.25, 0.3) is 0 Å². The third-order valence-corrected chi connectivity index (χ3v) is 3.67. The maximum absolute atomic E-state index is 11.9. The van der Waals surface area contributed by atoms with Gasteiger partial charge in [-0.15, -0.1) is 24.3 Å². The average Bonchev–Trinajstić information content (AvgIpc) is 3.47. The van der Waals surface area contributed by atoms with Gasteiger partial charge in [-0.05, 0) is 0 Å². The summed E-state index contributed by atoms with van der Waals surface area (Å²) in [6, 6.07) is 29.4. The summed E-state index contributed by atoms with van der Waals surface area (Å²) in [5.41, 5.74) is -0.106. The second-order valence-electron chi connectivity index (χ2n) is 6.31. The van der Waals surface area contributed by atoms with Crippen LogP contribution in [0.5, 0.6) is 0 Å². The molecule has 0 aliphatic rings. The normalized spacial score (nSPS) is 9.28. The first-order valence-corrected chi connectivity index (χ1v) is 9.32. The number of hydrogen-bond acceptors (Lipinski definition) is 0. The fourth-order valence-corrected chi connectivity index (χ4v) is 2.03. The zero-order valence-electron chi connectivity index (χ0n) is 18.6. The molecule has 4 rings (SSSR count). The van der Waals surface area contributed by atoms with Crippen molar-refractivity contribution in [3.63, 3.8) is 0 Å². The molecule has 0 nitrogen and oxygen atoms in total. The Bertz CT molecular complexity index is 834. The molecule has 4 aromatic rings. The summed E-state index contributed by atoms with van der Waals surface area (Å²) in [4.78, 5) is 0. The summed E-state index contributed by atoms with van der Waals surface area (Å²) in [6.07, 6.45) is -8.48. The van der Waals surface area contributed by atoms with Crippen molar-refractivity contribution in [2.75, 3.05) is 0 Å². The van der Waals surface area contributed by atoms with Crippen LogP contribution in [-0.4, -0.2) is 0 Å². The van der Waals surface area contributed by atoms with Gasteiger partial charge < -0.3 is 24.8 Å². The molecule has 0 aromatic heterocycles. The SMILES string of the molecule is [CH2-]c1ccc(C(F)(F)F)cc1.[CH2-]c1ccc(C(F)(F)F)cc1.[Cl-].[Cl-].[Cr+3].[Cr+3].c1cc[cH-]c1.c1cc[cH-]c1. The first-order valence-electron chi connectivity index (χ1n) is 9.32. The van der Waals surface area contributed by atoms with Gasteiger partial charge in [0, 0.05) is 11.1 Å². The molecule has 4 aromatic carbocycles. The average molecular weight is 623 g/mol. The summed E-state index contributed by atoms with van der Waals surface area (Å²) in [7, 11) is 0. The van der Waals surface area contributed by atoms with Gasteiger partial charge in [-0.3, -0.25) is 0 Å². The maximum atomic E-state index is 11.9. The van der Waals surface area contributed by atoms with Crippen LogP contribution < -0.4 is 24.8 Å². The molecule has 0 aliphatic carbocycles. The van der Waals surface area contributed by atoms with Crippen LogP contribution in [0.4, 0.5) is 26.3 Å². The van der Waals surface area contributed by atoms with Gasteiger partial charge in [0.15, 0.2) is 0 Å². The molecular weight excluding hydrogens is 601 g/mol. The molecule has 194 valence electrons. The van der Waals surface area contributed by atoms with Gasteiger partial charge in [0.2, 0.25) is 0 Å². The molecule has 0 spiro atoms. The predicted molar refractivity (Wildman–Crippen MR) is 116 cm³/mol. The molecule has 0 saturated carbocycles. The Kier molecular flexibility index (Phi) is 24.3. The van der Waals surface area contributed by atoms with Crippen molar-refractivity contribution in [1.82, 2.24) is 0 Å². The molecule has 0 fully saturated rings. The van der Waals surface area contributed by atoms with Crippen molar-refractivity contribution >= 4 is 0 Å². The molecule has 0 unspecified atom stereocenters. The van der Waals surface area contributed by atoms with E-state index in [0.29, 0.717) is 11.1 Å². The minimum Gasteiger partial charge on any atom is -1.00 e. The standard InChI is InChI=1S/2C8H6F3.2C5H5.2ClH.2Cr/c2*1-6-2-4-7(5-3-6)8(9,10)11;2*1-2-4-5-3-1;;;;/h2*2-5H,1H2;2*1-5H;2*1H;;/q4*-1;;;2*+3/p-2. The van der Waals surface area contributed by atoms with E-state index in [1.165, 1.54) is 24.3 Å². The number of alkyl halides is 6. The molecule has 10 heteroatoms. The Morgan fingerprint density at radius 1 is 0.472 bits per heavy atom. The molecule has 2 radical (unpaired) electrons. The van der Waals surface area contributed by atoms with Crippen molar-refractivity contribution < 1.29 is 85.9 Å². The Morgan fingerprint density at radius 3 is 0.833 bits per heavy atom. The van der Waals surface area contributed by atoms with E-state index in [1.807, 2.05) is 60.7 Å². The molecule has 36 heavy (non-hydrogen) atoms. The summed E-state index contributed by atoms with van der Waals surface area (Å²) in [5, 5.41) is 0. The van der Waals surface area contributed by atoms with Crippen molar-refractivity contribution in [2.45, 2.75) is 12.4 Å². The van der Waals surface area contributed by atoms with Gasteiger partial charge in [-0.2, -0.15) is 112 Å². The van der Waals surface area contributed by atoms with Crippen LogP contribution in [0.3, 0.4) is 0 Å². The predicted octanol–water partition coefficient (Wildman–Crippen LogP) is 2.59. The van der Waals surface area contributed by atoms with E-state index < -0.39 is 23.5 Å². The molecular formula is C26H22Cl2Cr2F6. The Hall–Kier alpha value is -1.90. The number of halogens is 8. The quantitative estimate of drug-likeness (QED) is 0.209. The largest absolute Gasteiger partial charge is 3.00 e. The number of hydrogen-bond donors (Lipinski definition) is 0. The monoisotopic (exact) mass is 622 g/mol. The number of benzene rings is 2. The zero-order valence-corrected chi connectivity index (χ0v) is 22.7. The Morgan fingerprint density at radius 2 is 0.694 bits per heavy atom. The minimum atomic E-state index is -4.24. The third-order valence-electron chi connectivity index (χ3n) is 3.67. The Labute approximate surface area is 242 Å². The van der Waals surface area contributed by atoms with E-state index in [-0.39, 0.29) is 59.5 Å². The van der Waals surface area contributed by atoms with Crippen LogP contribution in [0.2, 0.25) is 0 Å². The summed E-state index contributed by atoms with van der Waals surface area (Å²) >= 11 is 0. The summed E-state index contributed by atoms with van der Waals surface area (Å²) < 4.78 is 71.4. The molecule has 0 bridgehead atoms. The molecule has 0 saturated heterocycles. The molecule has 0 atom stereocenters. The molecule has 0 heterocycles. The first-order chi connectivity index (χ1) is 15.0. The van der Waals surface area contributed by atoms with Crippen molar-refractivity contribution in [3.05, 3.63) is 145 Å². The van der Waals surface area contributed by atoms with Crippen LogP contribution in [0.15, 0.2) is 109 Å². The van der Waals surface area contributed by atoms with Gasteiger partial charge in [0.1, 0.15) is 0 Å². The third kappa shape index (κ3) is 19.3. The van der Waals surface area contributed by atoms with Gasteiger partial charge in [-0.1, -0.05) is 0 Å². The van der Waals surface area contributed by atoms with Crippen molar-refractivity contribution in [3.8, 4) is 0 Å². The maximum Gasteiger partial charge on any atom is 3.00 e. The second-order valence-corrected chi connectivity index (χ2v) is 6.31. The van der Waals surface area contributed by atoms with E-state index in [2.05, 4.69) is 13.8 Å². The minimum absolute atomic E-state index is 0. The topological polar surface area (TPSA) is 0 Å². The summed E-state index contributed by atoms with van der Waals surface area (Å²) in [5.74, 6) is 0. The fourth-order valence-electron chi connectivity index (χ4n) is 2.03. The van der Waals surface area contributed by atoms with Crippen LogP contribution in [-0.2, 0) is 47.1 Å². The van der Waals surface area contributed by atoms with Crippen LogP contribution in [0.25, 0.3) is 0 Å². The first kappa shape index (κ1) is 41.2. The van der Waals surface area contributed by atoms with Crippen LogP contribution >= 0.6 is 0 Å². The van der Waals surface area contributed by atoms with Gasteiger partial charge >= 0.3 is 47.1 Å². The van der Waals surface area contributed by atoms with Crippen LogP contribution in [0, 0.1) is 13.8 Å². The number of rotatable bonds is 0. The molecule has 0 amide bonds. The van der Waals surface area contributed by atoms with Gasteiger partial charge in [0.05, 0.1) is 0 Å². The van der Waals surface area contributed by atoms with E-state index in [1.54, 1.807) is 0 Å². The molecule has 0 N–H and O–H groups in total. The smallest absolute Gasteiger partial charge is 1.00 e. The van der Waals surface area contributed by atoms with Crippen molar-refractivity contribution in [2.24, 2.45) is 0 Å². The van der Waals surface area contributed by atoms with E-state index in [0.717, 1.165) is 24.3 Å². The van der Waals surface area contributed by atoms with Crippen LogP contribution in [0.1, 0.15) is 22.3 Å². The van der Waals surface area contributed by atoms with E-state index in [9.17, 15) is 26.3 Å². The fraction of sp³-hybridized carbons (Fsp3) is 0.0769. The van der Waals surface area contributed by atoms with Gasteiger partial charge in [-0.25, -0.2) is 24.3 Å². The molecule has 0 aliphatic heterocycles. The summed E-state index contributed by atoms with van der Waals surface area (Å²) in [6.45, 7) is 6.95. The Balaban J connectivity index is -0.000000192.